The quantitative estimate of drug-likeness (QED) is 0.619. The fraction of sp³-hybridized carbons (Fsp3) is 0.308. The molecule has 0 aliphatic rings. The van der Waals surface area contributed by atoms with E-state index >= 15 is 0 Å². The number of aromatic nitrogens is 1. The van der Waals surface area contributed by atoms with E-state index in [9.17, 15) is 4.39 Å². The van der Waals surface area contributed by atoms with Gasteiger partial charge >= 0.3 is 0 Å². The van der Waals surface area contributed by atoms with Crippen molar-refractivity contribution in [3.63, 3.8) is 0 Å². The van der Waals surface area contributed by atoms with Gasteiger partial charge in [-0.25, -0.2) is 15.2 Å². The van der Waals surface area contributed by atoms with Crippen LogP contribution in [0.4, 0.5) is 10.2 Å². The standard InChI is InChI=1S/C13H16FN3/c1-7(2)11-6-9-5-10(14)4-8(3)12(9)16-13(11)17-15/h4-7H,15H2,1-3H3,(H,16,17). The number of rotatable bonds is 2. The van der Waals surface area contributed by atoms with Gasteiger partial charge in [0.2, 0.25) is 0 Å². The van der Waals surface area contributed by atoms with Crippen molar-refractivity contribution < 1.29 is 4.39 Å². The summed E-state index contributed by atoms with van der Waals surface area (Å²) in [7, 11) is 0. The number of hydrogen-bond donors (Lipinski definition) is 2. The highest BCUT2D eigenvalue weighted by Crippen LogP contribution is 2.28. The number of nitrogens with one attached hydrogen (secondary N) is 1. The fourth-order valence-corrected chi connectivity index (χ4v) is 1.99. The summed E-state index contributed by atoms with van der Waals surface area (Å²) in [6.45, 7) is 5.94. The number of hydrogen-bond acceptors (Lipinski definition) is 3. The summed E-state index contributed by atoms with van der Waals surface area (Å²) in [5.41, 5.74) is 5.19. The summed E-state index contributed by atoms with van der Waals surface area (Å²) >= 11 is 0. The van der Waals surface area contributed by atoms with Crippen LogP contribution in [-0.2, 0) is 0 Å². The first-order valence-corrected chi connectivity index (χ1v) is 5.60. The van der Waals surface area contributed by atoms with Crippen molar-refractivity contribution in [3.05, 3.63) is 35.1 Å². The Bertz CT molecular complexity index is 564. The summed E-state index contributed by atoms with van der Waals surface area (Å²) in [5, 5.41) is 0.810. The monoisotopic (exact) mass is 233 g/mol. The predicted octanol–water partition coefficient (Wildman–Crippen LogP) is 3.09. The average Bonchev–Trinajstić information content (AvgIpc) is 2.27. The van der Waals surface area contributed by atoms with Gasteiger partial charge < -0.3 is 5.43 Å². The van der Waals surface area contributed by atoms with Gasteiger partial charge in [0, 0.05) is 5.39 Å². The molecule has 17 heavy (non-hydrogen) atoms. The summed E-state index contributed by atoms with van der Waals surface area (Å²) in [4.78, 5) is 4.45. The SMILES string of the molecule is Cc1cc(F)cc2cc(C(C)C)c(NN)nc12. The zero-order valence-corrected chi connectivity index (χ0v) is 10.2. The van der Waals surface area contributed by atoms with Crippen LogP contribution in [0.15, 0.2) is 18.2 Å². The van der Waals surface area contributed by atoms with Gasteiger partial charge in [0.1, 0.15) is 11.6 Å². The van der Waals surface area contributed by atoms with Crippen molar-refractivity contribution >= 4 is 16.7 Å². The van der Waals surface area contributed by atoms with E-state index in [1.54, 1.807) is 0 Å². The van der Waals surface area contributed by atoms with E-state index in [4.69, 9.17) is 5.84 Å². The first kappa shape index (κ1) is 11.8. The number of aryl methyl sites for hydroxylation is 1. The van der Waals surface area contributed by atoms with Crippen LogP contribution < -0.4 is 11.3 Å². The number of benzene rings is 1. The molecule has 3 nitrogen and oxygen atoms in total. The van der Waals surface area contributed by atoms with Gasteiger partial charge in [-0.15, -0.1) is 0 Å². The van der Waals surface area contributed by atoms with Crippen LogP contribution in [0.25, 0.3) is 10.9 Å². The van der Waals surface area contributed by atoms with Gasteiger partial charge in [-0.2, -0.15) is 0 Å². The van der Waals surface area contributed by atoms with Crippen LogP contribution in [0, 0.1) is 12.7 Å². The Hall–Kier alpha value is -1.68. The fourth-order valence-electron chi connectivity index (χ4n) is 1.99. The van der Waals surface area contributed by atoms with Crippen molar-refractivity contribution in [2.24, 2.45) is 5.84 Å². The molecule has 1 aromatic carbocycles. The predicted molar refractivity (Wildman–Crippen MR) is 68.3 cm³/mol. The number of nitrogens with zero attached hydrogens (tertiary/aromatic N) is 1. The van der Waals surface area contributed by atoms with Gasteiger partial charge in [-0.1, -0.05) is 13.8 Å². The summed E-state index contributed by atoms with van der Waals surface area (Å²) in [5.74, 6) is 6.17. The molecule has 0 aliphatic heterocycles. The Kier molecular flexibility index (Phi) is 2.98. The van der Waals surface area contributed by atoms with Gasteiger partial charge in [-0.05, 0) is 42.2 Å². The second kappa shape index (κ2) is 4.30. The normalized spacial score (nSPS) is 11.2. The molecule has 0 saturated carbocycles. The third kappa shape index (κ3) is 2.08. The van der Waals surface area contributed by atoms with Crippen molar-refractivity contribution in [2.75, 3.05) is 5.43 Å². The topological polar surface area (TPSA) is 50.9 Å². The maximum Gasteiger partial charge on any atom is 0.144 e. The van der Waals surface area contributed by atoms with E-state index in [1.807, 2.05) is 13.0 Å². The molecule has 2 aromatic rings. The zero-order valence-electron chi connectivity index (χ0n) is 10.2. The van der Waals surface area contributed by atoms with Crippen molar-refractivity contribution in [1.82, 2.24) is 4.98 Å². The molecule has 0 spiro atoms. The molecule has 0 unspecified atom stereocenters. The molecule has 0 atom stereocenters. The Morgan fingerprint density at radius 2 is 2.00 bits per heavy atom. The maximum atomic E-state index is 13.3. The molecule has 0 fully saturated rings. The minimum atomic E-state index is -0.236. The van der Waals surface area contributed by atoms with Crippen molar-refractivity contribution in [2.45, 2.75) is 26.7 Å². The molecule has 0 radical (unpaired) electrons. The number of fused-ring (bicyclic) bond motifs is 1. The van der Waals surface area contributed by atoms with Gasteiger partial charge in [0.25, 0.3) is 0 Å². The molecule has 0 aliphatic carbocycles. The molecule has 1 heterocycles. The number of halogens is 1. The average molecular weight is 233 g/mol. The van der Waals surface area contributed by atoms with E-state index < -0.39 is 0 Å². The maximum absolute atomic E-state index is 13.3. The molecule has 4 heteroatoms. The molecular formula is C13H16FN3. The van der Waals surface area contributed by atoms with Crippen LogP contribution in [0.3, 0.4) is 0 Å². The van der Waals surface area contributed by atoms with Crippen LogP contribution in [0.2, 0.25) is 0 Å². The Morgan fingerprint density at radius 3 is 2.59 bits per heavy atom. The number of nitrogens with two attached hydrogens (primary N) is 1. The van der Waals surface area contributed by atoms with Gasteiger partial charge in [0.05, 0.1) is 5.52 Å². The van der Waals surface area contributed by atoms with E-state index in [0.717, 1.165) is 22.0 Å². The van der Waals surface area contributed by atoms with Gasteiger partial charge in [-0.3, -0.25) is 0 Å². The van der Waals surface area contributed by atoms with Crippen LogP contribution in [-0.4, -0.2) is 4.98 Å². The number of nitrogen functional groups attached to an aromatic ring is 1. The number of hydrazine groups is 1. The lowest BCUT2D eigenvalue weighted by Crippen LogP contribution is -2.12. The largest absolute Gasteiger partial charge is 0.308 e. The van der Waals surface area contributed by atoms with E-state index in [1.165, 1.54) is 12.1 Å². The summed E-state index contributed by atoms with van der Waals surface area (Å²) < 4.78 is 13.3. The Labute approximate surface area is 99.8 Å². The van der Waals surface area contributed by atoms with E-state index in [0.29, 0.717) is 5.82 Å². The molecule has 1 aromatic heterocycles. The van der Waals surface area contributed by atoms with E-state index in [2.05, 4.69) is 24.3 Å². The molecule has 3 N–H and O–H groups in total. The van der Waals surface area contributed by atoms with E-state index in [-0.39, 0.29) is 11.7 Å². The lowest BCUT2D eigenvalue weighted by atomic mass is 10.0. The molecule has 0 saturated heterocycles. The third-order valence-electron chi connectivity index (χ3n) is 2.86. The highest BCUT2D eigenvalue weighted by atomic mass is 19.1. The summed E-state index contributed by atoms with van der Waals surface area (Å²) in [6, 6.07) is 4.92. The number of pyridine rings is 1. The molecule has 2 rings (SSSR count). The second-order valence-corrected chi connectivity index (χ2v) is 4.52. The minimum Gasteiger partial charge on any atom is -0.308 e. The lowest BCUT2D eigenvalue weighted by Gasteiger charge is -2.13. The van der Waals surface area contributed by atoms with Crippen molar-refractivity contribution in [3.8, 4) is 0 Å². The van der Waals surface area contributed by atoms with Crippen LogP contribution >= 0.6 is 0 Å². The first-order valence-electron chi connectivity index (χ1n) is 5.60. The first-order chi connectivity index (χ1) is 8.02. The smallest absolute Gasteiger partial charge is 0.144 e. The second-order valence-electron chi connectivity index (χ2n) is 4.52. The van der Waals surface area contributed by atoms with Gasteiger partial charge in [0.15, 0.2) is 0 Å². The molecule has 0 amide bonds. The lowest BCUT2D eigenvalue weighted by molar-refractivity contribution is 0.628. The van der Waals surface area contributed by atoms with Crippen LogP contribution in [0.5, 0.6) is 0 Å². The molecular weight excluding hydrogens is 217 g/mol. The van der Waals surface area contributed by atoms with Crippen LogP contribution in [0.1, 0.15) is 30.9 Å². The van der Waals surface area contributed by atoms with Crippen molar-refractivity contribution in [1.29, 1.82) is 0 Å². The third-order valence-corrected chi connectivity index (χ3v) is 2.86. The molecule has 0 bridgehead atoms. The Balaban J connectivity index is 2.78. The summed E-state index contributed by atoms with van der Waals surface area (Å²) in [6.07, 6.45) is 0. The highest BCUT2D eigenvalue weighted by Gasteiger charge is 2.11. The molecule has 90 valence electrons. The number of anilines is 1. The highest BCUT2D eigenvalue weighted by molar-refractivity contribution is 5.84. The minimum absolute atomic E-state index is 0.236. The Morgan fingerprint density at radius 1 is 1.29 bits per heavy atom. The zero-order chi connectivity index (χ0) is 12.6.